The highest BCUT2D eigenvalue weighted by atomic mass is 16.2. The summed E-state index contributed by atoms with van der Waals surface area (Å²) < 4.78 is 0. The molecule has 7 heteroatoms. The number of fused-ring (bicyclic) bond motifs is 1. The number of hydrogen-bond acceptors (Lipinski definition) is 5. The Morgan fingerprint density at radius 1 is 0.970 bits per heavy atom. The van der Waals surface area contributed by atoms with E-state index in [1.165, 1.54) is 0 Å². The molecule has 1 atom stereocenters. The van der Waals surface area contributed by atoms with E-state index in [1.54, 1.807) is 12.4 Å². The van der Waals surface area contributed by atoms with Gasteiger partial charge >= 0.3 is 0 Å². The minimum atomic E-state index is -0.419. The van der Waals surface area contributed by atoms with Gasteiger partial charge in [-0.15, -0.1) is 0 Å². The minimum Gasteiger partial charge on any atom is -0.342 e. The van der Waals surface area contributed by atoms with Gasteiger partial charge in [0.15, 0.2) is 0 Å². The van der Waals surface area contributed by atoms with Gasteiger partial charge in [0.05, 0.1) is 5.41 Å². The zero-order chi connectivity index (χ0) is 23.2. The van der Waals surface area contributed by atoms with Gasteiger partial charge in [-0.3, -0.25) is 9.59 Å². The Kier molecular flexibility index (Phi) is 5.38. The molecule has 7 nitrogen and oxygen atoms in total. The van der Waals surface area contributed by atoms with Crippen LogP contribution in [0.3, 0.4) is 0 Å². The Labute approximate surface area is 195 Å². The van der Waals surface area contributed by atoms with Crippen molar-refractivity contribution in [3.05, 3.63) is 53.3 Å². The molecule has 1 aromatic heterocycles. The van der Waals surface area contributed by atoms with Crippen molar-refractivity contribution >= 4 is 17.8 Å². The van der Waals surface area contributed by atoms with Gasteiger partial charge in [-0.25, -0.2) is 9.97 Å². The van der Waals surface area contributed by atoms with Crippen molar-refractivity contribution < 1.29 is 9.59 Å². The first-order chi connectivity index (χ1) is 15.9. The Balaban J connectivity index is 1.41. The Bertz CT molecular complexity index is 1040. The Hall–Kier alpha value is -2.96. The lowest BCUT2D eigenvalue weighted by molar-refractivity contribution is -0.141. The van der Waals surface area contributed by atoms with Crippen LogP contribution >= 0.6 is 0 Å². The summed E-state index contributed by atoms with van der Waals surface area (Å²) in [6, 6.07) is 7.87. The summed E-state index contributed by atoms with van der Waals surface area (Å²) in [5, 5.41) is 0. The van der Waals surface area contributed by atoms with Gasteiger partial charge in [0.25, 0.3) is 5.91 Å². The average molecular weight is 448 g/mol. The molecule has 4 heterocycles. The Morgan fingerprint density at radius 3 is 2.24 bits per heavy atom. The lowest BCUT2D eigenvalue weighted by atomic mass is 9.60. The number of benzene rings is 1. The first-order valence-corrected chi connectivity index (χ1v) is 12.1. The van der Waals surface area contributed by atoms with E-state index >= 15 is 0 Å². The number of carbonyl (C=O) groups is 2. The molecule has 3 aliphatic heterocycles. The fourth-order valence-electron chi connectivity index (χ4n) is 6.49. The van der Waals surface area contributed by atoms with E-state index in [0.717, 1.165) is 55.6 Å². The second-order valence-electron chi connectivity index (χ2n) is 10.1. The van der Waals surface area contributed by atoms with Crippen LogP contribution in [0.15, 0.2) is 36.7 Å². The molecule has 3 fully saturated rings. The third-order valence-electron chi connectivity index (χ3n) is 8.17. The minimum absolute atomic E-state index is 0.0971. The van der Waals surface area contributed by atoms with Gasteiger partial charge < -0.3 is 14.7 Å². The molecule has 0 saturated carbocycles. The smallest absolute Gasteiger partial charge is 0.253 e. The first-order valence-electron chi connectivity index (χ1n) is 12.1. The third-order valence-corrected chi connectivity index (χ3v) is 8.17. The van der Waals surface area contributed by atoms with Gasteiger partial charge in [-0.1, -0.05) is 17.2 Å². The molecule has 174 valence electrons. The lowest BCUT2D eigenvalue weighted by Gasteiger charge is -2.46. The van der Waals surface area contributed by atoms with Crippen LogP contribution < -0.4 is 4.90 Å². The molecule has 3 saturated heterocycles. The number of likely N-dealkylation sites (tertiary alicyclic amines) is 2. The highest BCUT2D eigenvalue weighted by Crippen LogP contribution is 2.58. The number of aryl methyl sites for hydroxylation is 2. The van der Waals surface area contributed by atoms with Crippen molar-refractivity contribution in [3.8, 4) is 0 Å². The van der Waals surface area contributed by atoms with Crippen molar-refractivity contribution in [2.75, 3.05) is 44.2 Å². The second kappa shape index (κ2) is 8.12. The van der Waals surface area contributed by atoms with Crippen molar-refractivity contribution in [2.45, 2.75) is 40.0 Å². The SMILES string of the molecule is CCN1CC[C@]2(CN(c3ncccn3)CC23CCN(C(=O)c2cc(C)cc(C)c2)CC3)C1=O. The molecule has 2 amide bonds. The average Bonchev–Trinajstić information content (AvgIpc) is 3.31. The van der Waals surface area contributed by atoms with Crippen molar-refractivity contribution in [2.24, 2.45) is 10.8 Å². The van der Waals surface area contributed by atoms with Crippen LogP contribution in [0.4, 0.5) is 5.95 Å². The fourth-order valence-corrected chi connectivity index (χ4v) is 6.49. The van der Waals surface area contributed by atoms with E-state index in [0.29, 0.717) is 25.6 Å². The van der Waals surface area contributed by atoms with Gasteiger partial charge in [0.2, 0.25) is 11.9 Å². The normalized spacial score (nSPS) is 24.3. The van der Waals surface area contributed by atoms with Crippen LogP contribution in [0.2, 0.25) is 0 Å². The summed E-state index contributed by atoms with van der Waals surface area (Å²) in [7, 11) is 0. The topological polar surface area (TPSA) is 69.6 Å². The van der Waals surface area contributed by atoms with Gasteiger partial charge in [0, 0.05) is 62.6 Å². The molecule has 5 rings (SSSR count). The molecule has 2 aromatic rings. The summed E-state index contributed by atoms with van der Waals surface area (Å²) in [6.07, 6.45) is 6.06. The number of nitrogens with zero attached hydrogens (tertiary/aromatic N) is 5. The monoisotopic (exact) mass is 447 g/mol. The fraction of sp³-hybridized carbons (Fsp3) is 0.538. The summed E-state index contributed by atoms with van der Waals surface area (Å²) in [6.45, 7) is 10.5. The molecule has 0 N–H and O–H groups in total. The number of piperidine rings is 1. The van der Waals surface area contributed by atoms with Crippen molar-refractivity contribution in [3.63, 3.8) is 0 Å². The summed E-state index contributed by atoms with van der Waals surface area (Å²) in [5.41, 5.74) is 2.40. The van der Waals surface area contributed by atoms with E-state index < -0.39 is 5.41 Å². The predicted molar refractivity (Wildman–Crippen MR) is 127 cm³/mol. The molecule has 0 radical (unpaired) electrons. The van der Waals surface area contributed by atoms with E-state index in [1.807, 2.05) is 41.8 Å². The van der Waals surface area contributed by atoms with Gasteiger partial charge in [0.1, 0.15) is 0 Å². The van der Waals surface area contributed by atoms with Gasteiger partial charge in [-0.2, -0.15) is 0 Å². The maximum atomic E-state index is 13.7. The van der Waals surface area contributed by atoms with Gasteiger partial charge in [-0.05, 0) is 58.2 Å². The standard InChI is InChI=1S/C26H33N5O2/c1-4-29-13-8-26(23(29)33)18-31(24-27-9-5-10-28-24)17-25(26)6-11-30(12-7-25)22(32)21-15-19(2)14-20(3)16-21/h5,9-10,14-16H,4,6-8,11-13,17-18H2,1-3H3/t26-/m0/s1. The van der Waals surface area contributed by atoms with Crippen molar-refractivity contribution in [1.82, 2.24) is 19.8 Å². The van der Waals surface area contributed by atoms with E-state index in [4.69, 9.17) is 0 Å². The summed E-state index contributed by atoms with van der Waals surface area (Å²) in [4.78, 5) is 42.1. The molecule has 3 aliphatic rings. The third kappa shape index (κ3) is 3.49. The molecule has 2 spiro atoms. The largest absolute Gasteiger partial charge is 0.342 e. The zero-order valence-electron chi connectivity index (χ0n) is 19.9. The van der Waals surface area contributed by atoms with E-state index in [9.17, 15) is 9.59 Å². The molecular weight excluding hydrogens is 414 g/mol. The zero-order valence-corrected chi connectivity index (χ0v) is 19.9. The highest BCUT2D eigenvalue weighted by molar-refractivity contribution is 5.95. The quantitative estimate of drug-likeness (QED) is 0.723. The van der Waals surface area contributed by atoms with Crippen LogP contribution in [0, 0.1) is 24.7 Å². The molecular formula is C26H33N5O2. The molecule has 0 bridgehead atoms. The molecule has 33 heavy (non-hydrogen) atoms. The number of anilines is 1. The maximum absolute atomic E-state index is 13.7. The van der Waals surface area contributed by atoms with Crippen LogP contribution in [-0.4, -0.2) is 70.9 Å². The summed E-state index contributed by atoms with van der Waals surface area (Å²) >= 11 is 0. The number of aromatic nitrogens is 2. The number of hydrogen-bond donors (Lipinski definition) is 0. The number of amides is 2. The first kappa shape index (κ1) is 21.9. The van der Waals surface area contributed by atoms with Crippen LogP contribution in [-0.2, 0) is 4.79 Å². The van der Waals surface area contributed by atoms with E-state index in [2.05, 4.69) is 27.9 Å². The molecule has 0 unspecified atom stereocenters. The lowest BCUT2D eigenvalue weighted by Crippen LogP contribution is -2.53. The molecule has 1 aromatic carbocycles. The van der Waals surface area contributed by atoms with Crippen LogP contribution in [0.1, 0.15) is 47.7 Å². The molecule has 0 aliphatic carbocycles. The van der Waals surface area contributed by atoms with E-state index in [-0.39, 0.29) is 17.2 Å². The second-order valence-corrected chi connectivity index (χ2v) is 10.1. The number of rotatable bonds is 3. The van der Waals surface area contributed by atoms with Crippen LogP contribution in [0.5, 0.6) is 0 Å². The van der Waals surface area contributed by atoms with Crippen molar-refractivity contribution in [1.29, 1.82) is 0 Å². The predicted octanol–water partition coefficient (Wildman–Crippen LogP) is 3.07. The van der Waals surface area contributed by atoms with Crippen LogP contribution in [0.25, 0.3) is 0 Å². The highest BCUT2D eigenvalue weighted by Gasteiger charge is 2.65. The maximum Gasteiger partial charge on any atom is 0.253 e. The summed E-state index contributed by atoms with van der Waals surface area (Å²) in [5.74, 6) is 1.07. The number of carbonyl (C=O) groups excluding carboxylic acids is 2. The Morgan fingerprint density at radius 2 is 1.64 bits per heavy atom.